The minimum atomic E-state index is -0.0225. The quantitative estimate of drug-likeness (QED) is 0.778. The molecule has 2 fully saturated rings. The Hall–Kier alpha value is -3.22. The molecule has 1 saturated carbocycles. The molecule has 156 valence electrons. The molecule has 2 heterocycles. The van der Waals surface area contributed by atoms with Crippen LogP contribution in [0.3, 0.4) is 0 Å². The Morgan fingerprint density at radius 3 is 2.53 bits per heavy atom. The van der Waals surface area contributed by atoms with Crippen LogP contribution in [0.2, 0.25) is 0 Å². The maximum atomic E-state index is 13.0. The van der Waals surface area contributed by atoms with E-state index in [1.54, 1.807) is 24.1 Å². The lowest BCUT2D eigenvalue weighted by molar-refractivity contribution is -0.134. The van der Waals surface area contributed by atoms with Crippen LogP contribution >= 0.6 is 0 Å². The third-order valence-corrected chi connectivity index (χ3v) is 6.13. The molecule has 2 amide bonds. The van der Waals surface area contributed by atoms with Crippen LogP contribution in [0.5, 0.6) is 17.2 Å². The summed E-state index contributed by atoms with van der Waals surface area (Å²) in [5.41, 5.74) is 1.74. The summed E-state index contributed by atoms with van der Waals surface area (Å²) in [7, 11) is 1.59. The smallest absolute Gasteiger partial charge is 0.254 e. The lowest BCUT2D eigenvalue weighted by Gasteiger charge is -2.35. The van der Waals surface area contributed by atoms with E-state index in [9.17, 15) is 9.59 Å². The SMILES string of the molecule is COc1cccc(C(=O)N2CCN(C(=O)C3CC3c3ccc4c(c3)OCO4)CC2)c1. The Morgan fingerprint density at radius 2 is 1.73 bits per heavy atom. The van der Waals surface area contributed by atoms with Crippen molar-refractivity contribution in [1.82, 2.24) is 9.80 Å². The number of hydrogen-bond acceptors (Lipinski definition) is 5. The van der Waals surface area contributed by atoms with Crippen molar-refractivity contribution >= 4 is 11.8 Å². The van der Waals surface area contributed by atoms with E-state index in [0.717, 1.165) is 23.5 Å². The van der Waals surface area contributed by atoms with E-state index in [1.165, 1.54) is 0 Å². The van der Waals surface area contributed by atoms with Gasteiger partial charge in [-0.25, -0.2) is 0 Å². The number of ether oxygens (including phenoxy) is 3. The fourth-order valence-corrected chi connectivity index (χ4v) is 4.28. The van der Waals surface area contributed by atoms with Gasteiger partial charge in [0.05, 0.1) is 7.11 Å². The van der Waals surface area contributed by atoms with Crippen LogP contribution in [0, 0.1) is 5.92 Å². The van der Waals surface area contributed by atoms with Gasteiger partial charge in [-0.2, -0.15) is 0 Å². The molecular formula is C23H24N2O5. The van der Waals surface area contributed by atoms with Crippen LogP contribution < -0.4 is 14.2 Å². The molecular weight excluding hydrogens is 384 g/mol. The van der Waals surface area contributed by atoms with Crippen LogP contribution in [-0.4, -0.2) is 61.7 Å². The molecule has 2 aliphatic heterocycles. The number of carbonyl (C=O) groups is 2. The highest BCUT2D eigenvalue weighted by molar-refractivity contribution is 5.95. The summed E-state index contributed by atoms with van der Waals surface area (Å²) in [6.07, 6.45) is 0.863. The van der Waals surface area contributed by atoms with E-state index in [0.29, 0.717) is 37.5 Å². The Morgan fingerprint density at radius 1 is 0.967 bits per heavy atom. The van der Waals surface area contributed by atoms with Crippen molar-refractivity contribution < 1.29 is 23.8 Å². The number of rotatable bonds is 4. The van der Waals surface area contributed by atoms with Crippen LogP contribution in [-0.2, 0) is 4.79 Å². The maximum absolute atomic E-state index is 13.0. The molecule has 2 aromatic carbocycles. The van der Waals surface area contributed by atoms with Gasteiger partial charge in [-0.3, -0.25) is 9.59 Å². The zero-order valence-electron chi connectivity index (χ0n) is 16.9. The third kappa shape index (κ3) is 3.44. The summed E-state index contributed by atoms with van der Waals surface area (Å²) in [6, 6.07) is 13.1. The molecule has 1 saturated heterocycles. The van der Waals surface area contributed by atoms with Crippen LogP contribution in [0.25, 0.3) is 0 Å². The Kier molecular flexibility index (Phi) is 4.73. The number of piperazine rings is 1. The number of carbonyl (C=O) groups excluding carboxylic acids is 2. The highest BCUT2D eigenvalue weighted by Gasteiger charge is 2.46. The molecule has 2 unspecified atom stereocenters. The second-order valence-corrected chi connectivity index (χ2v) is 7.91. The van der Waals surface area contributed by atoms with Gasteiger partial charge in [0, 0.05) is 37.7 Å². The monoisotopic (exact) mass is 408 g/mol. The van der Waals surface area contributed by atoms with E-state index in [2.05, 4.69) is 0 Å². The Bertz CT molecular complexity index is 983. The molecule has 2 aromatic rings. The van der Waals surface area contributed by atoms with E-state index >= 15 is 0 Å². The predicted molar refractivity (Wildman–Crippen MR) is 109 cm³/mol. The minimum absolute atomic E-state index is 0.0195. The van der Waals surface area contributed by atoms with Crippen molar-refractivity contribution in [3.8, 4) is 17.2 Å². The zero-order valence-corrected chi connectivity index (χ0v) is 16.9. The van der Waals surface area contributed by atoms with Crippen LogP contribution in [0.1, 0.15) is 28.3 Å². The van der Waals surface area contributed by atoms with Crippen molar-refractivity contribution in [3.63, 3.8) is 0 Å². The predicted octanol–water partition coefficient (Wildman–Crippen LogP) is 2.51. The molecule has 0 spiro atoms. The van der Waals surface area contributed by atoms with E-state index < -0.39 is 0 Å². The summed E-state index contributed by atoms with van der Waals surface area (Å²) in [6.45, 7) is 2.48. The number of methoxy groups -OCH3 is 1. The fourth-order valence-electron chi connectivity index (χ4n) is 4.28. The normalized spacial score (nSPS) is 22.0. The first-order valence-corrected chi connectivity index (χ1v) is 10.3. The van der Waals surface area contributed by atoms with E-state index in [4.69, 9.17) is 14.2 Å². The lowest BCUT2D eigenvalue weighted by Crippen LogP contribution is -2.51. The standard InChI is InChI=1S/C23H24N2O5/c1-28-17-4-2-3-16(11-17)22(26)24-7-9-25(10-8-24)23(27)19-13-18(19)15-5-6-20-21(12-15)30-14-29-20/h2-6,11-12,18-19H,7-10,13-14H2,1H3. The van der Waals surface area contributed by atoms with Gasteiger partial charge in [0.25, 0.3) is 5.91 Å². The van der Waals surface area contributed by atoms with E-state index in [1.807, 2.05) is 35.2 Å². The van der Waals surface area contributed by atoms with Gasteiger partial charge in [0.2, 0.25) is 12.7 Å². The Labute approximate surface area is 175 Å². The average molecular weight is 408 g/mol. The van der Waals surface area contributed by atoms with Gasteiger partial charge in [-0.1, -0.05) is 12.1 Å². The van der Waals surface area contributed by atoms with Crippen molar-refractivity contribution in [2.24, 2.45) is 5.92 Å². The van der Waals surface area contributed by atoms with Crippen molar-refractivity contribution in [1.29, 1.82) is 0 Å². The molecule has 7 heteroatoms. The molecule has 1 aliphatic carbocycles. The largest absolute Gasteiger partial charge is 0.497 e. The van der Waals surface area contributed by atoms with Gasteiger partial charge >= 0.3 is 0 Å². The van der Waals surface area contributed by atoms with Crippen molar-refractivity contribution in [3.05, 3.63) is 53.6 Å². The minimum Gasteiger partial charge on any atom is -0.497 e. The number of fused-ring (bicyclic) bond motifs is 1. The number of benzene rings is 2. The molecule has 3 aliphatic rings. The van der Waals surface area contributed by atoms with Crippen LogP contribution in [0.15, 0.2) is 42.5 Å². The van der Waals surface area contributed by atoms with Gasteiger partial charge in [-0.05, 0) is 48.2 Å². The van der Waals surface area contributed by atoms with Gasteiger partial charge in [0.15, 0.2) is 11.5 Å². The summed E-state index contributed by atoms with van der Waals surface area (Å²) < 4.78 is 16.0. The summed E-state index contributed by atoms with van der Waals surface area (Å²) in [5.74, 6) is 2.61. The first-order valence-electron chi connectivity index (χ1n) is 10.3. The van der Waals surface area contributed by atoms with Gasteiger partial charge in [-0.15, -0.1) is 0 Å². The number of amides is 2. The second kappa shape index (κ2) is 7.55. The van der Waals surface area contributed by atoms with Gasteiger partial charge in [0.1, 0.15) is 5.75 Å². The summed E-state index contributed by atoms with van der Waals surface area (Å²) in [5, 5.41) is 0. The van der Waals surface area contributed by atoms with Crippen molar-refractivity contribution in [2.45, 2.75) is 12.3 Å². The Balaban J connectivity index is 1.17. The third-order valence-electron chi connectivity index (χ3n) is 6.13. The molecule has 0 bridgehead atoms. The first kappa shape index (κ1) is 18.8. The zero-order chi connectivity index (χ0) is 20.7. The molecule has 30 heavy (non-hydrogen) atoms. The summed E-state index contributed by atoms with van der Waals surface area (Å²) in [4.78, 5) is 29.4. The van der Waals surface area contributed by atoms with E-state index in [-0.39, 0.29) is 30.4 Å². The summed E-state index contributed by atoms with van der Waals surface area (Å²) >= 11 is 0. The average Bonchev–Trinajstić information content (AvgIpc) is 3.47. The lowest BCUT2D eigenvalue weighted by atomic mass is 10.1. The molecule has 2 atom stereocenters. The van der Waals surface area contributed by atoms with Gasteiger partial charge < -0.3 is 24.0 Å². The molecule has 0 N–H and O–H groups in total. The molecule has 0 aromatic heterocycles. The molecule has 0 radical (unpaired) electrons. The second-order valence-electron chi connectivity index (χ2n) is 7.91. The topological polar surface area (TPSA) is 68.3 Å². The number of hydrogen-bond donors (Lipinski definition) is 0. The highest BCUT2D eigenvalue weighted by atomic mass is 16.7. The van der Waals surface area contributed by atoms with Crippen LogP contribution in [0.4, 0.5) is 0 Å². The molecule has 5 rings (SSSR count). The number of nitrogens with zero attached hydrogens (tertiary/aromatic N) is 2. The highest BCUT2D eigenvalue weighted by Crippen LogP contribution is 2.50. The first-order chi connectivity index (χ1) is 14.6. The van der Waals surface area contributed by atoms with Crippen molar-refractivity contribution in [2.75, 3.05) is 40.1 Å². The maximum Gasteiger partial charge on any atom is 0.254 e. The fraction of sp³-hybridized carbons (Fsp3) is 0.391. The molecule has 7 nitrogen and oxygen atoms in total.